The highest BCUT2D eigenvalue weighted by Gasteiger charge is 2.50. The number of aliphatic hydroxyl groups excluding tert-OH is 1. The van der Waals surface area contributed by atoms with Crippen LogP contribution in [0.2, 0.25) is 0 Å². The van der Waals surface area contributed by atoms with E-state index in [1.54, 1.807) is 15.8 Å². The number of piperidine rings is 1. The Morgan fingerprint density at radius 1 is 1.36 bits per heavy atom. The van der Waals surface area contributed by atoms with E-state index >= 15 is 0 Å². The summed E-state index contributed by atoms with van der Waals surface area (Å²) in [6, 6.07) is 0. The summed E-state index contributed by atoms with van der Waals surface area (Å²) in [7, 11) is 1.81. The van der Waals surface area contributed by atoms with Crippen LogP contribution in [0.3, 0.4) is 0 Å². The largest absolute Gasteiger partial charge is 0.395 e. The minimum Gasteiger partial charge on any atom is -0.395 e. The van der Waals surface area contributed by atoms with Crippen molar-refractivity contribution in [2.45, 2.75) is 38.1 Å². The van der Waals surface area contributed by atoms with Gasteiger partial charge in [-0.05, 0) is 39.2 Å². The first-order chi connectivity index (χ1) is 12.0. The molecule has 3 rings (SSSR count). The summed E-state index contributed by atoms with van der Waals surface area (Å²) in [6.07, 6.45) is 5.17. The van der Waals surface area contributed by atoms with Crippen molar-refractivity contribution < 1.29 is 14.7 Å². The number of aromatic nitrogens is 2. The van der Waals surface area contributed by atoms with Crippen molar-refractivity contribution >= 4 is 17.5 Å². The number of aryl methyl sites for hydroxylation is 2. The molecule has 0 saturated carbocycles. The average Bonchev–Trinajstić information content (AvgIpc) is 3.08. The zero-order valence-corrected chi connectivity index (χ0v) is 15.0. The van der Waals surface area contributed by atoms with Crippen molar-refractivity contribution in [2.24, 2.45) is 7.05 Å². The third-order valence-electron chi connectivity index (χ3n) is 5.32. The second kappa shape index (κ2) is 7.13. The lowest BCUT2D eigenvalue weighted by atomic mass is 9.85. The van der Waals surface area contributed by atoms with Crippen LogP contribution in [-0.4, -0.2) is 74.8 Å². The second-order valence-corrected chi connectivity index (χ2v) is 7.03. The third kappa shape index (κ3) is 3.41. The van der Waals surface area contributed by atoms with Gasteiger partial charge in [0.1, 0.15) is 5.54 Å². The van der Waals surface area contributed by atoms with E-state index in [9.17, 15) is 14.7 Å². The molecule has 8 heteroatoms. The Balaban J connectivity index is 1.69. The molecular weight excluding hydrogens is 322 g/mol. The van der Waals surface area contributed by atoms with Gasteiger partial charge in [0.25, 0.3) is 0 Å². The van der Waals surface area contributed by atoms with Gasteiger partial charge in [-0.1, -0.05) is 0 Å². The van der Waals surface area contributed by atoms with E-state index in [0.29, 0.717) is 18.8 Å². The molecule has 138 valence electrons. The average molecular weight is 349 g/mol. The zero-order valence-electron chi connectivity index (χ0n) is 15.0. The molecule has 0 aliphatic carbocycles. The van der Waals surface area contributed by atoms with Gasteiger partial charge in [0, 0.05) is 26.3 Å². The summed E-state index contributed by atoms with van der Waals surface area (Å²) in [4.78, 5) is 29.3. The van der Waals surface area contributed by atoms with Crippen molar-refractivity contribution in [1.82, 2.24) is 19.6 Å². The number of amides is 2. The maximum atomic E-state index is 13.0. The van der Waals surface area contributed by atoms with E-state index in [2.05, 4.69) is 10.4 Å². The molecule has 1 aromatic rings. The summed E-state index contributed by atoms with van der Waals surface area (Å²) in [5.74, 6) is -0.0554. The van der Waals surface area contributed by atoms with Crippen LogP contribution >= 0.6 is 0 Å². The number of nitrogens with zero attached hydrogens (tertiary/aromatic N) is 4. The molecular formula is C17H27N5O3. The van der Waals surface area contributed by atoms with Crippen molar-refractivity contribution in [3.8, 4) is 0 Å². The molecule has 25 heavy (non-hydrogen) atoms. The van der Waals surface area contributed by atoms with Gasteiger partial charge in [0.2, 0.25) is 11.8 Å². The number of carbonyl (C=O) groups is 2. The van der Waals surface area contributed by atoms with Crippen LogP contribution in [-0.2, 0) is 16.6 Å². The molecule has 2 N–H and O–H groups in total. The maximum Gasteiger partial charge on any atom is 0.243 e. The van der Waals surface area contributed by atoms with Gasteiger partial charge in [-0.2, -0.15) is 5.10 Å². The molecule has 1 unspecified atom stereocenters. The van der Waals surface area contributed by atoms with Crippen LogP contribution in [0.5, 0.6) is 0 Å². The first-order valence-electron chi connectivity index (χ1n) is 8.91. The van der Waals surface area contributed by atoms with Crippen molar-refractivity contribution in [1.29, 1.82) is 0 Å². The highest BCUT2D eigenvalue weighted by Crippen LogP contribution is 2.38. The molecule has 0 bridgehead atoms. The lowest BCUT2D eigenvalue weighted by Crippen LogP contribution is -2.61. The van der Waals surface area contributed by atoms with Crippen molar-refractivity contribution in [2.75, 3.05) is 38.1 Å². The van der Waals surface area contributed by atoms with Gasteiger partial charge >= 0.3 is 0 Å². The molecule has 2 fully saturated rings. The molecule has 2 saturated heterocycles. The fourth-order valence-corrected chi connectivity index (χ4v) is 4.17. The SMILES string of the molecule is Cc1nn(C)cc1NC(=O)CN1CCCC12CCCN(CCO)C2=O. The molecule has 1 atom stereocenters. The van der Waals surface area contributed by atoms with Gasteiger partial charge in [0.05, 0.1) is 24.5 Å². The van der Waals surface area contributed by atoms with Crippen molar-refractivity contribution in [3.63, 3.8) is 0 Å². The number of anilines is 1. The number of likely N-dealkylation sites (tertiary alicyclic amines) is 2. The van der Waals surface area contributed by atoms with Gasteiger partial charge in [0.15, 0.2) is 0 Å². The quantitative estimate of drug-likeness (QED) is 0.788. The Kier molecular flexibility index (Phi) is 5.10. The highest BCUT2D eigenvalue weighted by molar-refractivity contribution is 5.94. The Hall–Kier alpha value is -1.93. The van der Waals surface area contributed by atoms with E-state index in [1.807, 2.05) is 18.9 Å². The smallest absolute Gasteiger partial charge is 0.243 e. The first kappa shape index (κ1) is 17.9. The minimum absolute atomic E-state index is 0.0252. The molecule has 8 nitrogen and oxygen atoms in total. The lowest BCUT2D eigenvalue weighted by Gasteiger charge is -2.44. The molecule has 2 amide bonds. The van der Waals surface area contributed by atoms with Gasteiger partial charge < -0.3 is 15.3 Å². The monoisotopic (exact) mass is 349 g/mol. The summed E-state index contributed by atoms with van der Waals surface area (Å²) in [5, 5.41) is 16.3. The molecule has 0 aromatic carbocycles. The number of hydrogen-bond donors (Lipinski definition) is 2. The van der Waals surface area contributed by atoms with E-state index in [1.165, 1.54) is 0 Å². The molecule has 1 aromatic heterocycles. The Labute approximate surface area is 147 Å². The lowest BCUT2D eigenvalue weighted by molar-refractivity contribution is -0.148. The van der Waals surface area contributed by atoms with Gasteiger partial charge in [-0.15, -0.1) is 0 Å². The number of rotatable bonds is 5. The molecule has 3 heterocycles. The van der Waals surface area contributed by atoms with Crippen LogP contribution in [0.15, 0.2) is 6.20 Å². The van der Waals surface area contributed by atoms with Gasteiger partial charge in [-0.3, -0.25) is 19.2 Å². The summed E-state index contributed by atoms with van der Waals surface area (Å²) < 4.78 is 1.67. The maximum absolute atomic E-state index is 13.0. The van der Waals surface area contributed by atoms with Crippen LogP contribution < -0.4 is 5.32 Å². The topological polar surface area (TPSA) is 90.7 Å². The van der Waals surface area contributed by atoms with E-state index in [-0.39, 0.29) is 25.0 Å². The standard InChI is InChI=1S/C17H27N5O3/c1-13-14(11-20(2)19-13)18-15(24)12-22-8-4-6-17(22)5-3-7-21(9-10-23)16(17)25/h11,23H,3-10,12H2,1-2H3,(H,18,24). The predicted octanol–water partition coefficient (Wildman–Crippen LogP) is 0.116. The number of β-amino-alcohol motifs (C(OH)–C–C–N with tert-alkyl or cyclic N) is 1. The fraction of sp³-hybridized carbons (Fsp3) is 0.706. The summed E-state index contributed by atoms with van der Waals surface area (Å²) in [5.41, 5.74) is 0.904. The van der Waals surface area contributed by atoms with Crippen LogP contribution in [0, 0.1) is 6.92 Å². The van der Waals surface area contributed by atoms with Crippen LogP contribution in [0.25, 0.3) is 0 Å². The normalized spacial score (nSPS) is 24.3. The van der Waals surface area contributed by atoms with E-state index < -0.39 is 5.54 Å². The molecule has 2 aliphatic heterocycles. The number of nitrogens with one attached hydrogen (secondary N) is 1. The van der Waals surface area contributed by atoms with E-state index in [0.717, 1.165) is 37.9 Å². The van der Waals surface area contributed by atoms with Crippen LogP contribution in [0.4, 0.5) is 5.69 Å². The zero-order chi connectivity index (χ0) is 18.0. The molecule has 2 aliphatic rings. The number of carbonyl (C=O) groups excluding carboxylic acids is 2. The molecule has 1 spiro atoms. The predicted molar refractivity (Wildman–Crippen MR) is 93.0 cm³/mol. The minimum atomic E-state index is -0.575. The number of hydrogen-bond acceptors (Lipinski definition) is 5. The van der Waals surface area contributed by atoms with Gasteiger partial charge in [-0.25, -0.2) is 0 Å². The number of aliphatic hydroxyl groups is 1. The summed E-state index contributed by atoms with van der Waals surface area (Å²) >= 11 is 0. The highest BCUT2D eigenvalue weighted by atomic mass is 16.3. The van der Waals surface area contributed by atoms with Crippen molar-refractivity contribution in [3.05, 3.63) is 11.9 Å². The third-order valence-corrected chi connectivity index (χ3v) is 5.32. The van der Waals surface area contributed by atoms with E-state index in [4.69, 9.17) is 0 Å². The first-order valence-corrected chi connectivity index (χ1v) is 8.91. The summed E-state index contributed by atoms with van der Waals surface area (Å²) in [6.45, 7) is 3.84. The Bertz CT molecular complexity index is 657. The Morgan fingerprint density at radius 3 is 2.72 bits per heavy atom. The fourth-order valence-electron chi connectivity index (χ4n) is 4.17. The second-order valence-electron chi connectivity index (χ2n) is 7.03. The Morgan fingerprint density at radius 2 is 2.08 bits per heavy atom. The van der Waals surface area contributed by atoms with Crippen LogP contribution in [0.1, 0.15) is 31.4 Å². The molecule has 0 radical (unpaired) electrons.